The van der Waals surface area contributed by atoms with Crippen LogP contribution in [-0.4, -0.2) is 11.5 Å². The highest BCUT2D eigenvalue weighted by molar-refractivity contribution is 6.15. The average Bonchev–Trinajstić information content (AvgIpc) is 2.19. The van der Waals surface area contributed by atoms with Gasteiger partial charge in [-0.1, -0.05) is 12.1 Å². The van der Waals surface area contributed by atoms with E-state index >= 15 is 0 Å². The van der Waals surface area contributed by atoms with Gasteiger partial charge in [0.1, 0.15) is 5.82 Å². The summed E-state index contributed by atoms with van der Waals surface area (Å²) in [5.74, 6) is -0.258. The van der Waals surface area contributed by atoms with Gasteiger partial charge in [-0.15, -0.1) is 0 Å². The lowest BCUT2D eigenvalue weighted by Crippen LogP contribution is -2.10. The van der Waals surface area contributed by atoms with Crippen LogP contribution in [0.2, 0.25) is 0 Å². The summed E-state index contributed by atoms with van der Waals surface area (Å²) in [6, 6.07) is 5.97. The number of halogens is 1. The van der Waals surface area contributed by atoms with Gasteiger partial charge in [0.15, 0.2) is 5.78 Å². The van der Waals surface area contributed by atoms with Gasteiger partial charge in [-0.3, -0.25) is 9.79 Å². The van der Waals surface area contributed by atoms with Gasteiger partial charge in [-0.2, -0.15) is 0 Å². The van der Waals surface area contributed by atoms with Gasteiger partial charge in [-0.25, -0.2) is 4.39 Å². The van der Waals surface area contributed by atoms with E-state index in [1.54, 1.807) is 12.1 Å². The van der Waals surface area contributed by atoms with Gasteiger partial charge >= 0.3 is 0 Å². The third-order valence-corrected chi connectivity index (χ3v) is 2.01. The van der Waals surface area contributed by atoms with E-state index in [4.69, 9.17) is 0 Å². The fourth-order valence-corrected chi connectivity index (χ4v) is 1.30. The van der Waals surface area contributed by atoms with E-state index in [1.807, 2.05) is 0 Å². The lowest BCUT2D eigenvalue weighted by molar-refractivity contribution is -0.113. The van der Waals surface area contributed by atoms with Crippen LogP contribution in [0.3, 0.4) is 0 Å². The fraction of sp³-hybridized carbons (Fsp3) is 0.0909. The molecule has 0 amide bonds. The Bertz CT molecular complexity index is 417. The molecule has 0 N–H and O–H groups in total. The minimum absolute atomic E-state index is 0.0272. The number of hydrogen-bond donors (Lipinski definition) is 0. The van der Waals surface area contributed by atoms with Crippen LogP contribution in [0.25, 0.3) is 0 Å². The lowest BCUT2D eigenvalue weighted by atomic mass is 10.0. The first kappa shape index (κ1) is 8.81. The molecule has 0 aliphatic carbocycles. The van der Waals surface area contributed by atoms with Crippen molar-refractivity contribution in [3.05, 3.63) is 47.9 Å². The van der Waals surface area contributed by atoms with Gasteiger partial charge < -0.3 is 0 Å². The van der Waals surface area contributed by atoms with Crippen LogP contribution in [0.1, 0.15) is 12.0 Å². The van der Waals surface area contributed by atoms with Gasteiger partial charge in [0.05, 0.1) is 12.1 Å². The Hall–Kier alpha value is -1.77. The second kappa shape index (κ2) is 3.54. The molecule has 0 saturated carbocycles. The van der Waals surface area contributed by atoms with E-state index in [1.165, 1.54) is 24.4 Å². The van der Waals surface area contributed by atoms with E-state index < -0.39 is 0 Å². The molecular weight excluding hydrogens is 181 g/mol. The zero-order chi connectivity index (χ0) is 9.97. The summed E-state index contributed by atoms with van der Waals surface area (Å²) in [6.07, 6.45) is 3.21. The molecule has 1 heterocycles. The summed E-state index contributed by atoms with van der Waals surface area (Å²) in [6.45, 7) is 0. The average molecular weight is 189 g/mol. The number of carbonyl (C=O) groups excluding carboxylic acids is 1. The number of benzene rings is 1. The molecule has 0 spiro atoms. The molecule has 0 saturated heterocycles. The number of hydrogen-bond acceptors (Lipinski definition) is 2. The molecule has 0 aromatic heterocycles. The zero-order valence-electron chi connectivity index (χ0n) is 7.40. The van der Waals surface area contributed by atoms with Crippen LogP contribution in [0.4, 0.5) is 4.39 Å². The van der Waals surface area contributed by atoms with Crippen molar-refractivity contribution in [2.24, 2.45) is 4.99 Å². The molecule has 1 aromatic rings. The van der Waals surface area contributed by atoms with E-state index in [0.29, 0.717) is 12.1 Å². The SMILES string of the molecule is O=C1C=CN=C(c2ccc(F)cc2)C1. The van der Waals surface area contributed by atoms with Crippen LogP contribution >= 0.6 is 0 Å². The van der Waals surface area contributed by atoms with Crippen molar-refractivity contribution in [2.75, 3.05) is 0 Å². The highest BCUT2D eigenvalue weighted by atomic mass is 19.1. The van der Waals surface area contributed by atoms with Crippen molar-refractivity contribution in [2.45, 2.75) is 6.42 Å². The number of carbonyl (C=O) groups is 1. The first-order valence-electron chi connectivity index (χ1n) is 4.28. The maximum atomic E-state index is 12.6. The smallest absolute Gasteiger partial charge is 0.163 e. The van der Waals surface area contributed by atoms with E-state index in [0.717, 1.165) is 5.56 Å². The molecule has 0 atom stereocenters. The molecular formula is C11H8FNO. The number of rotatable bonds is 1. The Morgan fingerprint density at radius 2 is 1.93 bits per heavy atom. The first-order valence-corrected chi connectivity index (χ1v) is 4.28. The second-order valence-electron chi connectivity index (χ2n) is 3.04. The summed E-state index contributed by atoms with van der Waals surface area (Å²) in [4.78, 5) is 15.1. The molecule has 14 heavy (non-hydrogen) atoms. The van der Waals surface area contributed by atoms with Gasteiger partial charge in [0.25, 0.3) is 0 Å². The highest BCUT2D eigenvalue weighted by Crippen LogP contribution is 2.10. The summed E-state index contributed by atoms with van der Waals surface area (Å²) in [7, 11) is 0. The maximum absolute atomic E-state index is 12.6. The van der Waals surface area contributed by atoms with Crippen molar-refractivity contribution in [1.82, 2.24) is 0 Å². The van der Waals surface area contributed by atoms with Gasteiger partial charge in [0.2, 0.25) is 0 Å². The van der Waals surface area contributed by atoms with Crippen LogP contribution in [-0.2, 0) is 4.79 Å². The Morgan fingerprint density at radius 3 is 2.57 bits per heavy atom. The summed E-state index contributed by atoms with van der Waals surface area (Å²) in [5, 5.41) is 0. The van der Waals surface area contributed by atoms with Crippen LogP contribution in [0, 0.1) is 5.82 Å². The normalized spacial score (nSPS) is 15.5. The van der Waals surface area contributed by atoms with E-state index in [9.17, 15) is 9.18 Å². The van der Waals surface area contributed by atoms with Crippen molar-refractivity contribution < 1.29 is 9.18 Å². The Balaban J connectivity index is 2.31. The Labute approximate surface area is 80.8 Å². The minimum Gasteiger partial charge on any atom is -0.294 e. The molecule has 70 valence electrons. The van der Waals surface area contributed by atoms with Crippen molar-refractivity contribution in [1.29, 1.82) is 0 Å². The zero-order valence-corrected chi connectivity index (χ0v) is 7.40. The molecule has 0 bridgehead atoms. The van der Waals surface area contributed by atoms with Crippen LogP contribution in [0.15, 0.2) is 41.5 Å². The molecule has 1 aromatic carbocycles. The quantitative estimate of drug-likeness (QED) is 0.665. The van der Waals surface area contributed by atoms with Crippen LogP contribution in [0.5, 0.6) is 0 Å². The number of aliphatic imine (C=N–C) groups is 1. The van der Waals surface area contributed by atoms with Crippen LogP contribution < -0.4 is 0 Å². The van der Waals surface area contributed by atoms with E-state index in [-0.39, 0.29) is 11.6 Å². The molecule has 2 nitrogen and oxygen atoms in total. The molecule has 0 fully saturated rings. The second-order valence-corrected chi connectivity index (χ2v) is 3.04. The molecule has 3 heteroatoms. The van der Waals surface area contributed by atoms with Gasteiger partial charge in [-0.05, 0) is 23.8 Å². The third-order valence-electron chi connectivity index (χ3n) is 2.01. The van der Waals surface area contributed by atoms with Crippen molar-refractivity contribution >= 4 is 11.5 Å². The largest absolute Gasteiger partial charge is 0.294 e. The highest BCUT2D eigenvalue weighted by Gasteiger charge is 2.10. The lowest BCUT2D eigenvalue weighted by Gasteiger charge is -2.06. The monoisotopic (exact) mass is 189 g/mol. The number of nitrogens with zero attached hydrogens (tertiary/aromatic N) is 1. The Kier molecular flexibility index (Phi) is 2.23. The van der Waals surface area contributed by atoms with Crippen molar-refractivity contribution in [3.63, 3.8) is 0 Å². The summed E-state index contributed by atoms with van der Waals surface area (Å²) >= 11 is 0. The summed E-state index contributed by atoms with van der Waals surface area (Å²) in [5.41, 5.74) is 1.49. The molecule has 0 unspecified atom stereocenters. The fourth-order valence-electron chi connectivity index (χ4n) is 1.30. The first-order chi connectivity index (χ1) is 6.75. The standard InChI is InChI=1S/C11H8FNO/c12-9-3-1-8(2-4-9)11-7-10(14)5-6-13-11/h1-6H,7H2. The molecule has 0 radical (unpaired) electrons. The maximum Gasteiger partial charge on any atom is 0.163 e. The topological polar surface area (TPSA) is 29.4 Å². The third kappa shape index (κ3) is 1.76. The minimum atomic E-state index is -0.285. The number of ketones is 1. The predicted octanol–water partition coefficient (Wildman–Crippen LogP) is 2.10. The molecule has 2 rings (SSSR count). The Morgan fingerprint density at radius 1 is 1.21 bits per heavy atom. The summed E-state index contributed by atoms with van der Waals surface area (Å²) < 4.78 is 12.6. The molecule has 1 aliphatic rings. The van der Waals surface area contributed by atoms with Gasteiger partial charge in [0, 0.05) is 6.20 Å². The molecule has 1 aliphatic heterocycles. The number of allylic oxidation sites excluding steroid dienone is 1. The van der Waals surface area contributed by atoms with Crippen molar-refractivity contribution in [3.8, 4) is 0 Å². The predicted molar refractivity (Wildman–Crippen MR) is 51.7 cm³/mol. The van der Waals surface area contributed by atoms with E-state index in [2.05, 4.69) is 4.99 Å².